The van der Waals surface area contributed by atoms with Gasteiger partial charge in [0.1, 0.15) is 0 Å². The average Bonchev–Trinajstić information content (AvgIpc) is 2.36. The maximum Gasteiger partial charge on any atom is 0.328 e. The van der Waals surface area contributed by atoms with Crippen molar-refractivity contribution in [1.82, 2.24) is 0 Å². The van der Waals surface area contributed by atoms with Crippen LogP contribution in [0.2, 0.25) is 0 Å². The summed E-state index contributed by atoms with van der Waals surface area (Å²) in [5.41, 5.74) is -2.07. The van der Waals surface area contributed by atoms with Gasteiger partial charge in [0.05, 0.1) is 5.41 Å². The largest absolute Gasteiger partial charge is 0.481 e. The molecule has 0 radical (unpaired) electrons. The van der Waals surface area contributed by atoms with Crippen LogP contribution in [0.25, 0.3) is 0 Å². The van der Waals surface area contributed by atoms with Gasteiger partial charge >= 0.3 is 11.9 Å². The first kappa shape index (κ1) is 19.9. The Morgan fingerprint density at radius 3 is 1.67 bits per heavy atom. The molecule has 0 aromatic carbocycles. The van der Waals surface area contributed by atoms with Crippen molar-refractivity contribution in [2.45, 2.75) is 64.0 Å². The minimum absolute atomic E-state index is 0.206. The molecule has 3 N–H and O–H groups in total. The lowest BCUT2D eigenvalue weighted by atomic mass is 9.68. The lowest BCUT2D eigenvalue weighted by Gasteiger charge is -2.41. The van der Waals surface area contributed by atoms with Crippen LogP contribution < -0.4 is 0 Å². The monoisotopic (exact) mass is 324 g/mol. The number of carboxylic acid groups (broad SMARTS) is 2. The molecule has 0 bridgehead atoms. The average molecular weight is 324 g/mol. The van der Waals surface area contributed by atoms with Gasteiger partial charge in [0, 0.05) is 0 Å². The van der Waals surface area contributed by atoms with Gasteiger partial charge in [0.15, 0.2) is 0 Å². The van der Waals surface area contributed by atoms with Gasteiger partial charge in [-0.15, -0.1) is 0 Å². The molecule has 0 aliphatic rings. The van der Waals surface area contributed by atoms with Gasteiger partial charge in [-0.1, -0.05) is 40.0 Å². The van der Waals surface area contributed by atoms with E-state index in [4.69, 9.17) is 0 Å². The summed E-state index contributed by atoms with van der Waals surface area (Å²) >= 11 is 0. The molecule has 0 saturated heterocycles. The zero-order valence-electron chi connectivity index (χ0n) is 12.6. The highest BCUT2D eigenvalue weighted by atomic mass is 32.2. The van der Waals surface area contributed by atoms with Crippen LogP contribution in [-0.2, 0) is 19.7 Å². The zero-order chi connectivity index (χ0) is 16.9. The predicted molar refractivity (Wildman–Crippen MR) is 76.7 cm³/mol. The fourth-order valence-corrected chi connectivity index (χ4v) is 4.45. The number of carbonyl (C=O) groups is 2. The molecule has 1 atom stereocenters. The third-order valence-corrected chi connectivity index (χ3v) is 5.96. The molecular formula is C13H24O7S. The summed E-state index contributed by atoms with van der Waals surface area (Å²) in [4.78, 5) is 23.4. The van der Waals surface area contributed by atoms with E-state index in [1.807, 2.05) is 6.92 Å². The topological polar surface area (TPSA) is 129 Å². The molecule has 0 amide bonds. The molecule has 0 aliphatic carbocycles. The summed E-state index contributed by atoms with van der Waals surface area (Å²) in [7, 11) is -5.11. The number of aliphatic carboxylic acids is 2. The molecule has 0 aromatic heterocycles. The molecule has 0 saturated carbocycles. The number of rotatable bonds is 10. The molecule has 7 nitrogen and oxygen atoms in total. The summed E-state index contributed by atoms with van der Waals surface area (Å²) < 4.78 is 30.6. The summed E-state index contributed by atoms with van der Waals surface area (Å²) in [6, 6.07) is 0. The Hall–Kier alpha value is -1.15. The van der Waals surface area contributed by atoms with Gasteiger partial charge in [-0.25, -0.2) is 0 Å². The van der Waals surface area contributed by atoms with Crippen molar-refractivity contribution in [3.63, 3.8) is 0 Å². The summed E-state index contributed by atoms with van der Waals surface area (Å²) in [6.07, 6.45) is 0.613. The van der Waals surface area contributed by atoms with Crippen LogP contribution in [-0.4, -0.2) is 39.9 Å². The summed E-state index contributed by atoms with van der Waals surface area (Å²) in [5, 5.41) is 19.0. The Morgan fingerprint density at radius 2 is 1.43 bits per heavy atom. The van der Waals surface area contributed by atoms with Gasteiger partial charge in [0.2, 0.25) is 4.75 Å². The number of hydrogen-bond donors (Lipinski definition) is 3. The maximum absolute atomic E-state index is 11.9. The van der Waals surface area contributed by atoms with E-state index in [9.17, 15) is 32.8 Å². The van der Waals surface area contributed by atoms with Crippen LogP contribution in [0.4, 0.5) is 0 Å². The standard InChI is InChI=1S/C13H24O7S/c1-4-7-8-9-13(11(16)17,21(18,19)20)12(5-2,6-3)10(14)15/h4-9H2,1-3H3,(H,14,15)(H,16,17)(H,18,19,20). The smallest absolute Gasteiger partial charge is 0.328 e. The fourth-order valence-electron chi connectivity index (χ4n) is 2.96. The van der Waals surface area contributed by atoms with Crippen molar-refractivity contribution in [1.29, 1.82) is 0 Å². The Kier molecular flexibility index (Phi) is 6.82. The number of hydrogen-bond acceptors (Lipinski definition) is 4. The van der Waals surface area contributed by atoms with Crippen molar-refractivity contribution in [3.8, 4) is 0 Å². The van der Waals surface area contributed by atoms with Crippen LogP contribution in [0, 0.1) is 5.41 Å². The predicted octanol–water partition coefficient (Wildman–Crippen LogP) is 2.17. The second kappa shape index (κ2) is 7.22. The Balaban J connectivity index is 6.35. The van der Waals surface area contributed by atoms with Gasteiger partial charge in [-0.3, -0.25) is 14.1 Å². The van der Waals surface area contributed by atoms with Crippen LogP contribution in [0.3, 0.4) is 0 Å². The van der Waals surface area contributed by atoms with E-state index in [2.05, 4.69) is 0 Å². The molecule has 0 heterocycles. The number of unbranched alkanes of at least 4 members (excludes halogenated alkanes) is 2. The molecule has 8 heteroatoms. The molecule has 1 unspecified atom stereocenters. The molecule has 0 aliphatic heterocycles. The van der Waals surface area contributed by atoms with Crippen molar-refractivity contribution in [2.24, 2.45) is 5.41 Å². The Morgan fingerprint density at radius 1 is 0.952 bits per heavy atom. The minimum Gasteiger partial charge on any atom is -0.481 e. The van der Waals surface area contributed by atoms with Crippen molar-refractivity contribution < 1.29 is 32.8 Å². The van der Waals surface area contributed by atoms with Gasteiger partial charge in [-0.2, -0.15) is 8.42 Å². The lowest BCUT2D eigenvalue weighted by molar-refractivity contribution is -0.161. The third kappa shape index (κ3) is 3.21. The van der Waals surface area contributed by atoms with E-state index >= 15 is 0 Å². The van der Waals surface area contributed by atoms with Gasteiger partial charge < -0.3 is 10.2 Å². The van der Waals surface area contributed by atoms with Gasteiger partial charge in [0.25, 0.3) is 10.1 Å². The first-order chi connectivity index (χ1) is 9.57. The fraction of sp³-hybridized carbons (Fsp3) is 0.846. The van der Waals surface area contributed by atoms with E-state index in [1.165, 1.54) is 13.8 Å². The first-order valence-corrected chi connectivity index (χ1v) is 8.45. The van der Waals surface area contributed by atoms with Crippen LogP contribution in [0.15, 0.2) is 0 Å². The number of carboxylic acids is 2. The van der Waals surface area contributed by atoms with Gasteiger partial charge in [-0.05, 0) is 19.3 Å². The quantitative estimate of drug-likeness (QED) is 0.415. The van der Waals surface area contributed by atoms with E-state index in [0.29, 0.717) is 12.8 Å². The normalized spacial score (nSPS) is 15.4. The van der Waals surface area contributed by atoms with Crippen molar-refractivity contribution in [3.05, 3.63) is 0 Å². The molecule has 0 fully saturated rings. The second-order valence-electron chi connectivity index (χ2n) is 5.16. The van der Waals surface area contributed by atoms with E-state index in [0.717, 1.165) is 0 Å². The summed E-state index contributed by atoms with van der Waals surface area (Å²) in [5.74, 6) is -3.34. The van der Waals surface area contributed by atoms with Crippen molar-refractivity contribution >= 4 is 22.1 Å². The highest BCUT2D eigenvalue weighted by Crippen LogP contribution is 2.47. The highest BCUT2D eigenvalue weighted by molar-refractivity contribution is 7.88. The lowest BCUT2D eigenvalue weighted by Crippen LogP contribution is -2.62. The molecule has 0 spiro atoms. The van der Waals surface area contributed by atoms with E-state index in [-0.39, 0.29) is 19.3 Å². The van der Waals surface area contributed by atoms with Crippen molar-refractivity contribution in [2.75, 3.05) is 0 Å². The Labute approximate surface area is 125 Å². The second-order valence-corrected chi connectivity index (χ2v) is 6.81. The molecular weight excluding hydrogens is 300 g/mol. The van der Waals surface area contributed by atoms with Crippen LogP contribution in [0.5, 0.6) is 0 Å². The molecule has 124 valence electrons. The first-order valence-electron chi connectivity index (χ1n) is 7.01. The molecule has 21 heavy (non-hydrogen) atoms. The Bertz CT molecular complexity index is 479. The maximum atomic E-state index is 11.9. The van der Waals surface area contributed by atoms with E-state index in [1.54, 1.807) is 0 Å². The minimum atomic E-state index is -5.11. The molecule has 0 rings (SSSR count). The third-order valence-electron chi connectivity index (χ3n) is 4.31. The summed E-state index contributed by atoms with van der Waals surface area (Å²) in [6.45, 7) is 4.68. The van der Waals surface area contributed by atoms with E-state index < -0.39 is 38.6 Å². The zero-order valence-corrected chi connectivity index (χ0v) is 13.4. The van der Waals surface area contributed by atoms with Crippen LogP contribution >= 0.6 is 0 Å². The SMILES string of the molecule is CCCCCC(C(=O)O)(C(CC)(CC)C(=O)O)S(=O)(=O)O. The molecule has 0 aromatic rings. The van der Waals surface area contributed by atoms with Crippen LogP contribution in [0.1, 0.15) is 59.3 Å². The highest BCUT2D eigenvalue weighted by Gasteiger charge is 2.67.